The molecule has 1 aliphatic rings. The van der Waals surface area contributed by atoms with E-state index in [1.807, 2.05) is 30.3 Å². The monoisotopic (exact) mass is 261 g/mol. The van der Waals surface area contributed by atoms with Crippen LogP contribution in [0.15, 0.2) is 35.3 Å². The molecule has 2 atom stereocenters. The van der Waals surface area contributed by atoms with Crippen molar-refractivity contribution >= 4 is 11.9 Å². The standard InChI is InChI=1S/C15H19NO3/c1-10(2)8-12-13(9-14(17)18)19-15(16-12)11-6-4-3-5-7-11/h3-7,10,12-13H,8-9H2,1-2H3,(H,17,18)/t12-,13?/m0/s1. The molecule has 4 heteroatoms. The molecule has 0 saturated carbocycles. The van der Waals surface area contributed by atoms with Gasteiger partial charge in [-0.15, -0.1) is 0 Å². The zero-order valence-corrected chi connectivity index (χ0v) is 11.2. The van der Waals surface area contributed by atoms with Gasteiger partial charge in [0.15, 0.2) is 0 Å². The first-order valence-electron chi connectivity index (χ1n) is 6.58. The summed E-state index contributed by atoms with van der Waals surface area (Å²) in [6.45, 7) is 4.21. The van der Waals surface area contributed by atoms with Crippen molar-refractivity contribution in [1.29, 1.82) is 0 Å². The van der Waals surface area contributed by atoms with Crippen LogP contribution in [0.4, 0.5) is 0 Å². The van der Waals surface area contributed by atoms with Gasteiger partial charge in [-0.05, 0) is 24.5 Å². The van der Waals surface area contributed by atoms with Crippen LogP contribution in [0.25, 0.3) is 0 Å². The van der Waals surface area contributed by atoms with Crippen LogP contribution in [-0.4, -0.2) is 29.1 Å². The number of aliphatic imine (C=N–C) groups is 1. The van der Waals surface area contributed by atoms with Crippen LogP contribution in [-0.2, 0) is 9.53 Å². The van der Waals surface area contributed by atoms with Gasteiger partial charge in [-0.2, -0.15) is 0 Å². The molecule has 0 aliphatic carbocycles. The van der Waals surface area contributed by atoms with Crippen molar-refractivity contribution in [1.82, 2.24) is 0 Å². The third-order valence-electron chi connectivity index (χ3n) is 3.08. The lowest BCUT2D eigenvalue weighted by Gasteiger charge is -2.17. The van der Waals surface area contributed by atoms with E-state index in [4.69, 9.17) is 9.84 Å². The first-order valence-corrected chi connectivity index (χ1v) is 6.58. The molecule has 1 aromatic carbocycles. The molecule has 0 amide bonds. The molecule has 1 N–H and O–H groups in total. The number of nitrogens with zero attached hydrogens (tertiary/aromatic N) is 1. The fourth-order valence-electron chi connectivity index (χ4n) is 2.25. The summed E-state index contributed by atoms with van der Waals surface area (Å²) in [6, 6.07) is 9.56. The Hall–Kier alpha value is -1.84. The van der Waals surface area contributed by atoms with E-state index < -0.39 is 5.97 Å². The topological polar surface area (TPSA) is 58.9 Å². The number of rotatable bonds is 5. The summed E-state index contributed by atoms with van der Waals surface area (Å²) in [5.74, 6) is 0.185. The Morgan fingerprint density at radius 3 is 2.63 bits per heavy atom. The predicted molar refractivity (Wildman–Crippen MR) is 73.3 cm³/mol. The van der Waals surface area contributed by atoms with E-state index in [0.29, 0.717) is 11.8 Å². The highest BCUT2D eigenvalue weighted by Crippen LogP contribution is 2.25. The summed E-state index contributed by atoms with van der Waals surface area (Å²) in [4.78, 5) is 15.5. The summed E-state index contributed by atoms with van der Waals surface area (Å²) < 4.78 is 5.74. The van der Waals surface area contributed by atoms with Gasteiger partial charge in [-0.1, -0.05) is 32.0 Å². The third-order valence-corrected chi connectivity index (χ3v) is 3.08. The van der Waals surface area contributed by atoms with E-state index in [0.717, 1.165) is 12.0 Å². The predicted octanol–water partition coefficient (Wildman–Crippen LogP) is 2.72. The molecule has 2 rings (SSSR count). The highest BCUT2D eigenvalue weighted by atomic mass is 16.5. The number of carboxylic acids is 1. The highest BCUT2D eigenvalue weighted by molar-refractivity contribution is 5.95. The number of aliphatic carboxylic acids is 1. The molecule has 0 bridgehead atoms. The minimum Gasteiger partial charge on any atom is -0.481 e. The van der Waals surface area contributed by atoms with Crippen LogP contribution in [0, 0.1) is 5.92 Å². The van der Waals surface area contributed by atoms with Crippen molar-refractivity contribution in [2.45, 2.75) is 38.8 Å². The van der Waals surface area contributed by atoms with Gasteiger partial charge in [0.1, 0.15) is 6.10 Å². The minimum absolute atomic E-state index is 0.00276. The number of ether oxygens (including phenoxy) is 1. The van der Waals surface area contributed by atoms with Gasteiger partial charge in [0.05, 0.1) is 12.5 Å². The van der Waals surface area contributed by atoms with E-state index in [1.165, 1.54) is 0 Å². The summed E-state index contributed by atoms with van der Waals surface area (Å²) in [7, 11) is 0. The van der Waals surface area contributed by atoms with E-state index >= 15 is 0 Å². The van der Waals surface area contributed by atoms with E-state index in [2.05, 4.69) is 18.8 Å². The van der Waals surface area contributed by atoms with Gasteiger partial charge in [0, 0.05) is 5.56 Å². The van der Waals surface area contributed by atoms with Crippen molar-refractivity contribution in [3.63, 3.8) is 0 Å². The second kappa shape index (κ2) is 5.87. The first kappa shape index (κ1) is 13.6. The zero-order chi connectivity index (χ0) is 13.8. The van der Waals surface area contributed by atoms with Crippen molar-refractivity contribution < 1.29 is 14.6 Å². The van der Waals surface area contributed by atoms with Crippen LogP contribution >= 0.6 is 0 Å². The summed E-state index contributed by atoms with van der Waals surface area (Å²) in [6.07, 6.45) is 0.487. The van der Waals surface area contributed by atoms with Crippen LogP contribution < -0.4 is 0 Å². The quantitative estimate of drug-likeness (QED) is 0.886. The number of benzene rings is 1. The van der Waals surface area contributed by atoms with Crippen LogP contribution in [0.2, 0.25) is 0 Å². The van der Waals surface area contributed by atoms with Crippen LogP contribution in [0.3, 0.4) is 0 Å². The first-order chi connectivity index (χ1) is 9.06. The fraction of sp³-hybridized carbons (Fsp3) is 0.467. The number of hydrogen-bond donors (Lipinski definition) is 1. The second-order valence-electron chi connectivity index (χ2n) is 5.25. The van der Waals surface area contributed by atoms with E-state index in [-0.39, 0.29) is 18.6 Å². The van der Waals surface area contributed by atoms with Crippen molar-refractivity contribution in [3.05, 3.63) is 35.9 Å². The van der Waals surface area contributed by atoms with Crippen LogP contribution in [0.1, 0.15) is 32.3 Å². The Kier molecular flexibility index (Phi) is 4.20. The van der Waals surface area contributed by atoms with Crippen molar-refractivity contribution in [3.8, 4) is 0 Å². The molecule has 1 heterocycles. The summed E-state index contributed by atoms with van der Waals surface area (Å²) >= 11 is 0. The Bertz CT molecular complexity index is 468. The second-order valence-corrected chi connectivity index (χ2v) is 5.25. The van der Waals surface area contributed by atoms with Gasteiger partial charge in [-0.25, -0.2) is 4.99 Å². The maximum absolute atomic E-state index is 10.9. The number of hydrogen-bond acceptors (Lipinski definition) is 3. The minimum atomic E-state index is -0.844. The summed E-state index contributed by atoms with van der Waals surface area (Å²) in [5, 5.41) is 8.95. The van der Waals surface area contributed by atoms with Gasteiger partial charge < -0.3 is 9.84 Å². The smallest absolute Gasteiger partial charge is 0.307 e. The van der Waals surface area contributed by atoms with E-state index in [9.17, 15) is 4.79 Å². The lowest BCUT2D eigenvalue weighted by Crippen LogP contribution is -2.27. The van der Waals surface area contributed by atoms with Crippen molar-refractivity contribution in [2.24, 2.45) is 10.9 Å². The third kappa shape index (κ3) is 3.56. The maximum atomic E-state index is 10.9. The molecule has 19 heavy (non-hydrogen) atoms. The molecule has 1 aliphatic heterocycles. The van der Waals surface area contributed by atoms with E-state index in [1.54, 1.807) is 0 Å². The molecule has 0 saturated heterocycles. The molecular weight excluding hydrogens is 242 g/mol. The number of carboxylic acid groups (broad SMARTS) is 1. The van der Waals surface area contributed by atoms with Gasteiger partial charge in [0.2, 0.25) is 5.90 Å². The van der Waals surface area contributed by atoms with Gasteiger partial charge in [0.25, 0.3) is 0 Å². The molecule has 102 valence electrons. The molecule has 0 radical (unpaired) electrons. The largest absolute Gasteiger partial charge is 0.481 e. The molecule has 0 spiro atoms. The molecular formula is C15H19NO3. The van der Waals surface area contributed by atoms with Crippen LogP contribution in [0.5, 0.6) is 0 Å². The Balaban J connectivity index is 2.16. The van der Waals surface area contributed by atoms with Crippen molar-refractivity contribution in [2.75, 3.05) is 0 Å². The summed E-state index contributed by atoms with van der Waals surface area (Å²) in [5.41, 5.74) is 0.907. The lowest BCUT2D eigenvalue weighted by molar-refractivity contribution is -0.139. The van der Waals surface area contributed by atoms with Gasteiger partial charge >= 0.3 is 5.97 Å². The Morgan fingerprint density at radius 2 is 2.05 bits per heavy atom. The molecule has 1 unspecified atom stereocenters. The maximum Gasteiger partial charge on any atom is 0.307 e. The molecule has 0 aromatic heterocycles. The lowest BCUT2D eigenvalue weighted by atomic mass is 9.98. The van der Waals surface area contributed by atoms with Gasteiger partial charge in [-0.3, -0.25) is 4.79 Å². The average molecular weight is 261 g/mol. The average Bonchev–Trinajstić information content (AvgIpc) is 2.72. The Morgan fingerprint density at radius 1 is 1.37 bits per heavy atom. The molecule has 0 fully saturated rings. The fourth-order valence-corrected chi connectivity index (χ4v) is 2.25. The zero-order valence-electron chi connectivity index (χ0n) is 11.2. The SMILES string of the molecule is CC(C)C[C@@H]1N=C(c2ccccc2)OC1CC(=O)O. The highest BCUT2D eigenvalue weighted by Gasteiger charge is 2.33. The normalized spacial score (nSPS) is 22.2. The molecule has 4 nitrogen and oxygen atoms in total. The Labute approximate surface area is 113 Å². The number of carbonyl (C=O) groups is 1. The molecule has 1 aromatic rings.